The molecule has 0 saturated carbocycles. The maximum atomic E-state index is 13.0. The van der Waals surface area contributed by atoms with Crippen LogP contribution in [-0.2, 0) is 24.3 Å². The number of ether oxygens (including phenoxy) is 1. The highest BCUT2D eigenvalue weighted by Crippen LogP contribution is 2.39. The summed E-state index contributed by atoms with van der Waals surface area (Å²) in [5, 5.41) is 11.6. The van der Waals surface area contributed by atoms with E-state index in [9.17, 15) is 23.1 Å². The van der Waals surface area contributed by atoms with Crippen LogP contribution in [0.5, 0.6) is 0 Å². The summed E-state index contributed by atoms with van der Waals surface area (Å²) in [5.74, 6) is -1.93. The van der Waals surface area contributed by atoms with Crippen LogP contribution in [0.2, 0.25) is 5.02 Å². The molecule has 0 aromatic heterocycles. The Hall–Kier alpha value is -2.72. The molecule has 1 amide bonds. The first-order valence-corrected chi connectivity index (χ1v) is 13.2. The minimum Gasteiger partial charge on any atom is -0.507 e. The van der Waals surface area contributed by atoms with Crippen molar-refractivity contribution >= 4 is 39.1 Å². The molecule has 2 saturated heterocycles. The molecule has 2 aliphatic heterocycles. The monoisotopic (exact) mass is 518 g/mol. The Morgan fingerprint density at radius 3 is 2.26 bits per heavy atom. The summed E-state index contributed by atoms with van der Waals surface area (Å²) < 4.78 is 32.5. The van der Waals surface area contributed by atoms with Gasteiger partial charge >= 0.3 is 0 Å². The number of nitrogens with zero attached hydrogens (tertiary/aromatic N) is 2. The van der Waals surface area contributed by atoms with E-state index in [2.05, 4.69) is 0 Å². The molecule has 10 heteroatoms. The van der Waals surface area contributed by atoms with Crippen molar-refractivity contribution in [1.29, 1.82) is 0 Å². The van der Waals surface area contributed by atoms with E-state index in [-0.39, 0.29) is 34.9 Å². The lowest BCUT2D eigenvalue weighted by Crippen LogP contribution is -2.35. The normalized spacial score (nSPS) is 21.0. The molecule has 2 heterocycles. The van der Waals surface area contributed by atoms with Crippen molar-refractivity contribution in [2.75, 3.05) is 33.4 Å². The zero-order valence-electron chi connectivity index (χ0n) is 19.3. The highest BCUT2D eigenvalue weighted by molar-refractivity contribution is 7.89. The van der Waals surface area contributed by atoms with Crippen LogP contribution in [0.1, 0.15) is 36.4 Å². The Balaban J connectivity index is 1.73. The third-order valence-corrected chi connectivity index (χ3v) is 8.51. The van der Waals surface area contributed by atoms with Gasteiger partial charge in [-0.1, -0.05) is 30.2 Å². The van der Waals surface area contributed by atoms with Gasteiger partial charge in [-0.2, -0.15) is 4.31 Å². The van der Waals surface area contributed by atoms with Gasteiger partial charge in [0.05, 0.1) is 23.1 Å². The minimum atomic E-state index is -3.64. The summed E-state index contributed by atoms with van der Waals surface area (Å²) in [6.45, 7) is 1.32. The molecule has 4 rings (SSSR count). The summed E-state index contributed by atoms with van der Waals surface area (Å²) in [5.41, 5.74) is 0.780. The van der Waals surface area contributed by atoms with Crippen molar-refractivity contribution in [3.63, 3.8) is 0 Å². The van der Waals surface area contributed by atoms with Gasteiger partial charge in [-0.05, 0) is 54.8 Å². The fraction of sp³-hybridized carbons (Fsp3) is 0.360. The molecule has 35 heavy (non-hydrogen) atoms. The number of benzene rings is 2. The summed E-state index contributed by atoms with van der Waals surface area (Å²) in [6, 6.07) is 11.6. The second-order valence-electron chi connectivity index (χ2n) is 8.53. The number of methoxy groups -OCH3 is 1. The molecule has 186 valence electrons. The molecular weight excluding hydrogens is 492 g/mol. The number of amides is 1. The van der Waals surface area contributed by atoms with Crippen LogP contribution in [0.4, 0.5) is 0 Å². The van der Waals surface area contributed by atoms with Crippen LogP contribution < -0.4 is 0 Å². The standard InChI is InChI=1S/C25H27ClN2O6S/c1-34-16-15-28-22(17-5-9-19(26)10-6-17)21(24(30)25(28)31)23(29)18-7-11-20(12-8-18)35(32,33)27-13-3-2-4-14-27/h5-12,22,29H,2-4,13-16H2,1H3/b23-21+/t22-/m0/s1. The Labute approximate surface area is 209 Å². The Bertz CT molecular complexity index is 1240. The van der Waals surface area contributed by atoms with Gasteiger partial charge < -0.3 is 14.7 Å². The molecule has 0 unspecified atom stereocenters. The molecule has 0 aliphatic carbocycles. The largest absolute Gasteiger partial charge is 0.507 e. The number of Topliss-reactive ketones (excluding diaryl/α,β-unsaturated/α-hetero) is 1. The van der Waals surface area contributed by atoms with E-state index in [1.54, 1.807) is 24.3 Å². The van der Waals surface area contributed by atoms with E-state index < -0.39 is 27.8 Å². The zero-order chi connectivity index (χ0) is 25.2. The smallest absolute Gasteiger partial charge is 0.295 e. The first-order valence-electron chi connectivity index (χ1n) is 11.4. The third kappa shape index (κ3) is 4.99. The average molecular weight is 519 g/mol. The molecular formula is C25H27ClN2O6S. The summed E-state index contributed by atoms with van der Waals surface area (Å²) in [7, 11) is -2.15. The quantitative estimate of drug-likeness (QED) is 0.341. The lowest BCUT2D eigenvalue weighted by molar-refractivity contribution is -0.140. The molecule has 2 fully saturated rings. The number of aliphatic hydroxyl groups excluding tert-OH is 1. The molecule has 0 spiro atoms. The Morgan fingerprint density at radius 2 is 1.66 bits per heavy atom. The molecule has 1 atom stereocenters. The summed E-state index contributed by atoms with van der Waals surface area (Å²) >= 11 is 6.02. The van der Waals surface area contributed by atoms with E-state index in [0.717, 1.165) is 19.3 Å². The van der Waals surface area contributed by atoms with Gasteiger partial charge in [-0.3, -0.25) is 9.59 Å². The SMILES string of the molecule is COCCN1C(=O)C(=O)/C(=C(/O)c2ccc(S(=O)(=O)N3CCCCC3)cc2)[C@@H]1c1ccc(Cl)cc1. The number of aliphatic hydroxyl groups is 1. The van der Waals surface area contributed by atoms with Gasteiger partial charge in [-0.15, -0.1) is 0 Å². The van der Waals surface area contributed by atoms with Crippen LogP contribution in [0.25, 0.3) is 5.76 Å². The zero-order valence-corrected chi connectivity index (χ0v) is 20.9. The van der Waals surface area contributed by atoms with Crippen LogP contribution in [0.15, 0.2) is 59.0 Å². The van der Waals surface area contributed by atoms with Gasteiger partial charge in [0.25, 0.3) is 11.7 Å². The molecule has 1 N–H and O–H groups in total. The van der Waals surface area contributed by atoms with Crippen molar-refractivity contribution in [2.45, 2.75) is 30.2 Å². The van der Waals surface area contributed by atoms with Crippen molar-refractivity contribution in [2.24, 2.45) is 0 Å². The van der Waals surface area contributed by atoms with Crippen LogP contribution in [0, 0.1) is 0 Å². The second kappa shape index (κ2) is 10.5. The molecule has 8 nitrogen and oxygen atoms in total. The number of rotatable bonds is 7. The minimum absolute atomic E-state index is 0.0694. The molecule has 2 aromatic rings. The maximum Gasteiger partial charge on any atom is 0.295 e. The third-order valence-electron chi connectivity index (χ3n) is 6.34. The van der Waals surface area contributed by atoms with Gasteiger partial charge in [0.1, 0.15) is 5.76 Å². The predicted octanol–water partition coefficient (Wildman–Crippen LogP) is 3.58. The van der Waals surface area contributed by atoms with Crippen molar-refractivity contribution in [1.82, 2.24) is 9.21 Å². The molecule has 0 bridgehead atoms. The maximum absolute atomic E-state index is 13.0. The van der Waals surface area contributed by atoms with E-state index in [0.29, 0.717) is 23.7 Å². The van der Waals surface area contributed by atoms with Gasteiger partial charge in [-0.25, -0.2) is 8.42 Å². The van der Waals surface area contributed by atoms with Gasteiger partial charge in [0.15, 0.2) is 0 Å². The van der Waals surface area contributed by atoms with Gasteiger partial charge in [0.2, 0.25) is 10.0 Å². The van der Waals surface area contributed by atoms with E-state index in [1.165, 1.54) is 40.6 Å². The summed E-state index contributed by atoms with van der Waals surface area (Å²) in [4.78, 5) is 27.3. The number of likely N-dealkylation sites (tertiary alicyclic amines) is 1. The Morgan fingerprint density at radius 1 is 1.03 bits per heavy atom. The van der Waals surface area contributed by atoms with Crippen LogP contribution >= 0.6 is 11.6 Å². The molecule has 2 aliphatic rings. The Kier molecular flexibility index (Phi) is 7.61. The lowest BCUT2D eigenvalue weighted by Gasteiger charge is -2.26. The number of sulfonamides is 1. The first kappa shape index (κ1) is 25.4. The molecule has 2 aromatic carbocycles. The number of ketones is 1. The van der Waals surface area contributed by atoms with E-state index in [4.69, 9.17) is 16.3 Å². The van der Waals surface area contributed by atoms with E-state index in [1.807, 2.05) is 0 Å². The first-order chi connectivity index (χ1) is 16.8. The number of carbonyl (C=O) groups excluding carboxylic acids is 2. The number of piperidine rings is 1. The van der Waals surface area contributed by atoms with Crippen molar-refractivity contribution in [3.05, 3.63) is 70.3 Å². The van der Waals surface area contributed by atoms with E-state index >= 15 is 0 Å². The second-order valence-corrected chi connectivity index (χ2v) is 10.9. The van der Waals surface area contributed by atoms with Gasteiger partial charge in [0, 0.05) is 37.3 Å². The number of hydrogen-bond donors (Lipinski definition) is 1. The van der Waals surface area contributed by atoms with Crippen molar-refractivity contribution in [3.8, 4) is 0 Å². The predicted molar refractivity (Wildman–Crippen MR) is 131 cm³/mol. The fourth-order valence-corrected chi connectivity index (χ4v) is 6.13. The highest BCUT2D eigenvalue weighted by Gasteiger charge is 2.45. The van der Waals surface area contributed by atoms with Crippen LogP contribution in [0.3, 0.4) is 0 Å². The molecule has 0 radical (unpaired) electrons. The lowest BCUT2D eigenvalue weighted by atomic mass is 9.95. The number of carbonyl (C=O) groups is 2. The van der Waals surface area contributed by atoms with Crippen molar-refractivity contribution < 1.29 is 27.9 Å². The summed E-state index contributed by atoms with van der Waals surface area (Å²) in [6.07, 6.45) is 2.66. The number of halogens is 1. The average Bonchev–Trinajstić information content (AvgIpc) is 3.13. The number of hydrogen-bond acceptors (Lipinski definition) is 6. The fourth-order valence-electron chi connectivity index (χ4n) is 4.49. The topological polar surface area (TPSA) is 104 Å². The highest BCUT2D eigenvalue weighted by atomic mass is 35.5. The van der Waals surface area contributed by atoms with Crippen LogP contribution in [-0.4, -0.2) is 67.8 Å².